The maximum atomic E-state index is 9.93. The summed E-state index contributed by atoms with van der Waals surface area (Å²) in [6.45, 7) is 7.25. The van der Waals surface area contributed by atoms with Crippen LogP contribution in [0.4, 0.5) is 16.9 Å². The molecule has 0 radical (unpaired) electrons. The Morgan fingerprint density at radius 2 is 1.07 bits per heavy atom. The molecule has 0 aliphatic heterocycles. The van der Waals surface area contributed by atoms with Gasteiger partial charge < -0.3 is 0 Å². The molecule has 0 spiro atoms. The van der Waals surface area contributed by atoms with E-state index < -0.39 is 19.5 Å². The molecule has 0 aliphatic rings. The number of rotatable bonds is 4. The topological polar surface area (TPSA) is 0 Å². The van der Waals surface area contributed by atoms with Gasteiger partial charge in [-0.05, 0) is 12.2 Å². The van der Waals surface area contributed by atoms with Gasteiger partial charge in [0.05, 0.1) is 0 Å². The third-order valence-corrected chi connectivity index (χ3v) is 2.93. The van der Waals surface area contributed by atoms with Crippen LogP contribution in [0.3, 0.4) is 0 Å². The molecule has 0 aliphatic carbocycles. The van der Waals surface area contributed by atoms with Crippen molar-refractivity contribution in [2.75, 3.05) is 8.86 Å². The first-order chi connectivity index (χ1) is 5.86. The first-order valence-corrected chi connectivity index (χ1v) is 12.0. The summed E-state index contributed by atoms with van der Waals surface area (Å²) in [5.74, 6) is 0. The van der Waals surface area contributed by atoms with E-state index in [1.165, 1.54) is 8.86 Å². The molecule has 0 heterocycles. The van der Waals surface area contributed by atoms with Crippen molar-refractivity contribution >= 4 is 19.5 Å². The standard InChI is InChI=1S/C6H10I.6FH.Sb/c1-3-5-7-6-4-2;;;;;;;/h3-4H,1-2,5-6H2;6*1H;/q+1;;;;;;;+5/p-6. The van der Waals surface area contributed by atoms with Crippen LogP contribution in [0.1, 0.15) is 0 Å². The maximum absolute atomic E-state index is 11.2. The van der Waals surface area contributed by atoms with E-state index in [0.29, 0.717) is 21.2 Å². The summed E-state index contributed by atoms with van der Waals surface area (Å²) in [6.07, 6.45) is 3.97. The van der Waals surface area contributed by atoms with Crippen LogP contribution in [0.5, 0.6) is 0 Å². The summed E-state index contributed by atoms with van der Waals surface area (Å²) in [5, 5.41) is 0. The summed E-state index contributed by atoms with van der Waals surface area (Å²) in [5.41, 5.74) is 0. The molecule has 0 nitrogen and oxygen atoms in total. The van der Waals surface area contributed by atoms with Gasteiger partial charge in [-0.25, -0.2) is 0 Å². The molecular formula is C6H10F6ISb. The van der Waals surface area contributed by atoms with E-state index in [4.69, 9.17) is 0 Å². The van der Waals surface area contributed by atoms with Gasteiger partial charge in [0.2, 0.25) is 0 Å². The van der Waals surface area contributed by atoms with E-state index in [2.05, 4.69) is 13.2 Å². The van der Waals surface area contributed by atoms with E-state index in [-0.39, 0.29) is 0 Å². The molecule has 0 aromatic carbocycles. The van der Waals surface area contributed by atoms with Gasteiger partial charge >= 0.3 is 36.4 Å². The van der Waals surface area contributed by atoms with Crippen molar-refractivity contribution in [3.05, 3.63) is 25.3 Å². The van der Waals surface area contributed by atoms with Crippen LogP contribution >= 0.6 is 0 Å². The Bertz CT molecular complexity index is 172. The minimum absolute atomic E-state index is 0.389. The molecule has 0 bridgehead atoms. The predicted molar refractivity (Wildman–Crippen MR) is 42.5 cm³/mol. The number of allylic oxidation sites excluding steroid dienone is 2. The second-order valence-electron chi connectivity index (χ2n) is 2.03. The molecular weight excluding hydrogens is 435 g/mol. The Morgan fingerprint density at radius 1 is 0.857 bits per heavy atom. The zero-order chi connectivity index (χ0) is 11.9. The van der Waals surface area contributed by atoms with E-state index in [0.717, 1.165) is 0 Å². The molecule has 0 saturated heterocycles. The van der Waals surface area contributed by atoms with Crippen molar-refractivity contribution in [3.8, 4) is 0 Å². The molecule has 8 heteroatoms. The SMILES string of the molecule is C=CC[I+]CC=C.[F][Sb-]([F])([F])([F])([F])[F]. The Labute approximate surface area is 91.2 Å². The Kier molecular flexibility index (Phi) is 6.19. The van der Waals surface area contributed by atoms with Crippen molar-refractivity contribution < 1.29 is 38.1 Å². The number of hydrogen-bond donors (Lipinski definition) is 0. The van der Waals surface area contributed by atoms with Gasteiger partial charge in [-0.2, -0.15) is 0 Å². The van der Waals surface area contributed by atoms with Gasteiger partial charge in [-0.3, -0.25) is 0 Å². The van der Waals surface area contributed by atoms with Crippen molar-refractivity contribution in [2.45, 2.75) is 0 Å². The molecule has 14 heavy (non-hydrogen) atoms. The molecule has 0 aromatic heterocycles. The fourth-order valence-electron chi connectivity index (χ4n) is 0.217. The predicted octanol–water partition coefficient (Wildman–Crippen LogP) is 0.588. The first-order valence-electron chi connectivity index (χ1n) is 3.18. The second kappa shape index (κ2) is 5.09. The molecule has 0 rings (SSSR count). The van der Waals surface area contributed by atoms with E-state index in [1.54, 1.807) is 0 Å². The third kappa shape index (κ3) is 80.0. The van der Waals surface area contributed by atoms with Gasteiger partial charge in [-0.1, -0.05) is 13.2 Å². The minimum atomic E-state index is -11.2. The quantitative estimate of drug-likeness (QED) is 0.149. The average molecular weight is 445 g/mol. The number of alkyl halides is 2. The van der Waals surface area contributed by atoms with E-state index in [9.17, 15) is 16.9 Å². The first kappa shape index (κ1) is 17.0. The fourth-order valence-corrected chi connectivity index (χ4v) is 1.46. The van der Waals surface area contributed by atoms with Crippen molar-refractivity contribution in [1.29, 1.82) is 0 Å². The molecule has 0 N–H and O–H groups in total. The Hall–Kier alpha value is 0.608. The number of halogens is 7. The van der Waals surface area contributed by atoms with Gasteiger partial charge in [-0.15, -0.1) is 0 Å². The third-order valence-electron chi connectivity index (χ3n) is 0.436. The monoisotopic (exact) mass is 444 g/mol. The van der Waals surface area contributed by atoms with Crippen molar-refractivity contribution in [2.24, 2.45) is 0 Å². The number of hydrogen-bond acceptors (Lipinski definition) is 0. The molecule has 0 aromatic rings. The summed E-state index contributed by atoms with van der Waals surface area (Å²) in [4.78, 5) is 0. The van der Waals surface area contributed by atoms with Gasteiger partial charge in [0.25, 0.3) is 21.2 Å². The van der Waals surface area contributed by atoms with E-state index >= 15 is 0 Å². The Morgan fingerprint density at radius 3 is 1.21 bits per heavy atom. The molecule has 88 valence electrons. The summed E-state index contributed by atoms with van der Waals surface area (Å²) in [7, 11) is 0. The summed E-state index contributed by atoms with van der Waals surface area (Å²) < 4.78 is 62.0. The van der Waals surface area contributed by atoms with Gasteiger partial charge in [0, 0.05) is 0 Å². The van der Waals surface area contributed by atoms with Crippen LogP contribution < -0.4 is 21.2 Å². The van der Waals surface area contributed by atoms with Crippen LogP contribution in [0, 0.1) is 0 Å². The summed E-state index contributed by atoms with van der Waals surface area (Å²) >= 11 is -10.9. The molecule has 0 unspecified atom stereocenters. The van der Waals surface area contributed by atoms with Crippen molar-refractivity contribution in [1.82, 2.24) is 0 Å². The van der Waals surface area contributed by atoms with Gasteiger partial charge in [0.1, 0.15) is 0 Å². The second-order valence-corrected chi connectivity index (χ2v) is 10.3. The summed E-state index contributed by atoms with van der Waals surface area (Å²) in [6, 6.07) is 0. The zero-order valence-corrected chi connectivity index (χ0v) is 11.8. The van der Waals surface area contributed by atoms with Crippen molar-refractivity contribution in [3.63, 3.8) is 0 Å². The normalized spacial score (nSPS) is 15.6. The van der Waals surface area contributed by atoms with Gasteiger partial charge in [0.15, 0.2) is 8.86 Å². The molecule has 0 amide bonds. The molecule has 0 fully saturated rings. The Balaban J connectivity index is 0. The van der Waals surface area contributed by atoms with Crippen LogP contribution in [0.15, 0.2) is 25.3 Å². The average Bonchev–Trinajstić information content (AvgIpc) is 1.82. The molecule has 0 atom stereocenters. The van der Waals surface area contributed by atoms with Crippen LogP contribution in [-0.2, 0) is 0 Å². The van der Waals surface area contributed by atoms with Crippen LogP contribution in [0.25, 0.3) is 0 Å². The van der Waals surface area contributed by atoms with E-state index in [1.807, 2.05) is 12.2 Å². The molecule has 0 saturated carbocycles. The zero-order valence-electron chi connectivity index (χ0n) is 7.08. The van der Waals surface area contributed by atoms with Crippen LogP contribution in [0.2, 0.25) is 0 Å². The van der Waals surface area contributed by atoms with Crippen LogP contribution in [-0.4, -0.2) is 28.3 Å². The fraction of sp³-hybridized carbons (Fsp3) is 0.333.